The summed E-state index contributed by atoms with van der Waals surface area (Å²) in [4.78, 5) is 0. The largest absolute Gasteiger partial charge is 0.507 e. The standard InChI is InChI=1S/C9H10F3NO2/c1-15-8-3-5(9(10,11)12)2-7(14)6(8)4-13/h2-3,14H,4,13H2,1H3. The van der Waals surface area contributed by atoms with Crippen LogP contribution in [0.5, 0.6) is 11.5 Å². The molecular formula is C9H10F3NO2. The maximum atomic E-state index is 12.3. The molecule has 0 saturated carbocycles. The van der Waals surface area contributed by atoms with Gasteiger partial charge >= 0.3 is 6.18 Å². The third-order valence-corrected chi connectivity index (χ3v) is 1.94. The van der Waals surface area contributed by atoms with Gasteiger partial charge in [0.25, 0.3) is 0 Å². The second kappa shape index (κ2) is 3.98. The van der Waals surface area contributed by atoms with E-state index in [-0.39, 0.29) is 17.9 Å². The summed E-state index contributed by atoms with van der Waals surface area (Å²) in [5.41, 5.74) is 4.46. The lowest BCUT2D eigenvalue weighted by Gasteiger charge is -2.13. The van der Waals surface area contributed by atoms with Gasteiger partial charge in [-0.25, -0.2) is 0 Å². The predicted molar refractivity (Wildman–Crippen MR) is 47.6 cm³/mol. The quantitative estimate of drug-likeness (QED) is 0.801. The summed E-state index contributed by atoms with van der Waals surface area (Å²) in [7, 11) is 1.22. The fraction of sp³-hybridized carbons (Fsp3) is 0.333. The summed E-state index contributed by atoms with van der Waals surface area (Å²) in [5.74, 6) is -0.575. The predicted octanol–water partition coefficient (Wildman–Crippen LogP) is 1.88. The average molecular weight is 221 g/mol. The summed E-state index contributed by atoms with van der Waals surface area (Å²) >= 11 is 0. The van der Waals surface area contributed by atoms with Crippen LogP contribution in [0.3, 0.4) is 0 Å². The minimum Gasteiger partial charge on any atom is -0.507 e. The van der Waals surface area contributed by atoms with Crippen LogP contribution in [-0.4, -0.2) is 12.2 Å². The number of hydrogen-bond acceptors (Lipinski definition) is 3. The third kappa shape index (κ3) is 2.33. The summed E-state index contributed by atoms with van der Waals surface area (Å²) in [6.07, 6.45) is -4.52. The number of ether oxygens (including phenoxy) is 1. The Labute approximate surface area is 84.3 Å². The Hall–Kier alpha value is -1.43. The molecule has 0 spiro atoms. The Balaban J connectivity index is 3.32. The monoisotopic (exact) mass is 221 g/mol. The molecule has 3 nitrogen and oxygen atoms in total. The molecule has 15 heavy (non-hydrogen) atoms. The zero-order valence-corrected chi connectivity index (χ0v) is 7.93. The van der Waals surface area contributed by atoms with E-state index in [0.29, 0.717) is 6.07 Å². The maximum absolute atomic E-state index is 12.3. The van der Waals surface area contributed by atoms with Gasteiger partial charge in [0.15, 0.2) is 0 Å². The molecule has 0 aromatic heterocycles. The molecule has 0 amide bonds. The van der Waals surface area contributed by atoms with Crippen LogP contribution in [0.25, 0.3) is 0 Å². The number of aromatic hydroxyl groups is 1. The van der Waals surface area contributed by atoms with Crippen molar-refractivity contribution in [3.05, 3.63) is 23.3 Å². The van der Waals surface area contributed by atoms with E-state index in [1.807, 2.05) is 0 Å². The lowest BCUT2D eigenvalue weighted by atomic mass is 10.1. The van der Waals surface area contributed by atoms with Crippen LogP contribution in [0.4, 0.5) is 13.2 Å². The number of alkyl halides is 3. The van der Waals surface area contributed by atoms with Crippen molar-refractivity contribution in [1.29, 1.82) is 0 Å². The summed E-state index contributed by atoms with van der Waals surface area (Å²) in [5, 5.41) is 9.31. The average Bonchev–Trinajstić information content (AvgIpc) is 2.15. The van der Waals surface area contributed by atoms with Gasteiger partial charge in [0.1, 0.15) is 11.5 Å². The van der Waals surface area contributed by atoms with E-state index < -0.39 is 17.5 Å². The first kappa shape index (κ1) is 11.6. The minimum atomic E-state index is -4.52. The van der Waals surface area contributed by atoms with Crippen molar-refractivity contribution in [2.75, 3.05) is 7.11 Å². The van der Waals surface area contributed by atoms with Gasteiger partial charge in [-0.15, -0.1) is 0 Å². The van der Waals surface area contributed by atoms with Crippen molar-refractivity contribution in [1.82, 2.24) is 0 Å². The van der Waals surface area contributed by atoms with Crippen LogP contribution in [0.2, 0.25) is 0 Å². The molecule has 0 saturated heterocycles. The molecule has 6 heteroatoms. The molecule has 0 radical (unpaired) electrons. The lowest BCUT2D eigenvalue weighted by molar-refractivity contribution is -0.137. The molecule has 0 unspecified atom stereocenters. The molecule has 84 valence electrons. The van der Waals surface area contributed by atoms with Crippen LogP contribution in [0.1, 0.15) is 11.1 Å². The van der Waals surface area contributed by atoms with Crippen LogP contribution in [-0.2, 0) is 12.7 Å². The van der Waals surface area contributed by atoms with Crippen molar-refractivity contribution < 1.29 is 23.0 Å². The van der Waals surface area contributed by atoms with Crippen molar-refractivity contribution in [2.45, 2.75) is 12.7 Å². The molecular weight excluding hydrogens is 211 g/mol. The summed E-state index contributed by atoms with van der Waals surface area (Å²) < 4.78 is 41.7. The number of rotatable bonds is 2. The van der Waals surface area contributed by atoms with E-state index >= 15 is 0 Å². The second-order valence-corrected chi connectivity index (χ2v) is 2.88. The molecule has 0 aliphatic heterocycles. The first-order valence-corrected chi connectivity index (χ1v) is 4.07. The van der Waals surface area contributed by atoms with E-state index in [1.165, 1.54) is 7.11 Å². The van der Waals surface area contributed by atoms with E-state index in [4.69, 9.17) is 10.5 Å². The van der Waals surface area contributed by atoms with Gasteiger partial charge in [-0.05, 0) is 12.1 Å². The van der Waals surface area contributed by atoms with Crippen molar-refractivity contribution in [3.63, 3.8) is 0 Å². The number of methoxy groups -OCH3 is 1. The molecule has 1 aromatic carbocycles. The van der Waals surface area contributed by atoms with Crippen molar-refractivity contribution >= 4 is 0 Å². The number of benzene rings is 1. The molecule has 0 aliphatic carbocycles. The first-order chi connectivity index (χ1) is 6.90. The molecule has 0 atom stereocenters. The third-order valence-electron chi connectivity index (χ3n) is 1.94. The van der Waals surface area contributed by atoms with Gasteiger partial charge in [0.2, 0.25) is 0 Å². The highest BCUT2D eigenvalue weighted by atomic mass is 19.4. The molecule has 1 aromatic rings. The van der Waals surface area contributed by atoms with E-state index in [1.54, 1.807) is 0 Å². The summed E-state index contributed by atoms with van der Waals surface area (Å²) in [6, 6.07) is 1.44. The number of halogens is 3. The topological polar surface area (TPSA) is 55.5 Å². The maximum Gasteiger partial charge on any atom is 0.416 e. The Kier molecular flexibility index (Phi) is 3.09. The SMILES string of the molecule is COc1cc(C(F)(F)F)cc(O)c1CN. The second-order valence-electron chi connectivity index (χ2n) is 2.88. The molecule has 0 bridgehead atoms. The van der Waals surface area contributed by atoms with Crippen LogP contribution < -0.4 is 10.5 Å². The number of nitrogens with two attached hydrogens (primary N) is 1. The zero-order chi connectivity index (χ0) is 11.6. The fourth-order valence-corrected chi connectivity index (χ4v) is 1.18. The first-order valence-electron chi connectivity index (χ1n) is 4.07. The van der Waals surface area contributed by atoms with Gasteiger partial charge in [0.05, 0.1) is 12.7 Å². The number of phenols is 1. The van der Waals surface area contributed by atoms with Gasteiger partial charge in [-0.1, -0.05) is 0 Å². The highest BCUT2D eigenvalue weighted by molar-refractivity contribution is 5.48. The van der Waals surface area contributed by atoms with Crippen LogP contribution >= 0.6 is 0 Å². The smallest absolute Gasteiger partial charge is 0.416 e. The fourth-order valence-electron chi connectivity index (χ4n) is 1.18. The molecule has 1 rings (SSSR count). The highest BCUT2D eigenvalue weighted by Crippen LogP contribution is 2.37. The molecule has 0 fully saturated rings. The minimum absolute atomic E-state index is 0.0650. The zero-order valence-electron chi connectivity index (χ0n) is 7.93. The van der Waals surface area contributed by atoms with Gasteiger partial charge in [0, 0.05) is 12.1 Å². The lowest BCUT2D eigenvalue weighted by Crippen LogP contribution is -2.07. The Morgan fingerprint density at radius 2 is 2.00 bits per heavy atom. The highest BCUT2D eigenvalue weighted by Gasteiger charge is 2.32. The van der Waals surface area contributed by atoms with E-state index in [9.17, 15) is 18.3 Å². The van der Waals surface area contributed by atoms with Crippen LogP contribution in [0.15, 0.2) is 12.1 Å². The Morgan fingerprint density at radius 1 is 1.40 bits per heavy atom. The normalized spacial score (nSPS) is 11.5. The molecule has 0 heterocycles. The summed E-state index contributed by atoms with van der Waals surface area (Å²) in [6.45, 7) is -0.0901. The Bertz CT molecular complexity index is 363. The van der Waals surface area contributed by atoms with E-state index in [2.05, 4.69) is 0 Å². The van der Waals surface area contributed by atoms with Crippen molar-refractivity contribution in [3.8, 4) is 11.5 Å². The molecule has 3 N–H and O–H groups in total. The molecule has 0 aliphatic rings. The van der Waals surface area contributed by atoms with E-state index in [0.717, 1.165) is 6.07 Å². The number of phenolic OH excluding ortho intramolecular Hbond substituents is 1. The van der Waals surface area contributed by atoms with Gasteiger partial charge < -0.3 is 15.6 Å². The van der Waals surface area contributed by atoms with Crippen molar-refractivity contribution in [2.24, 2.45) is 5.73 Å². The number of hydrogen-bond donors (Lipinski definition) is 2. The Morgan fingerprint density at radius 3 is 2.40 bits per heavy atom. The van der Waals surface area contributed by atoms with Gasteiger partial charge in [-0.3, -0.25) is 0 Å². The van der Waals surface area contributed by atoms with Crippen LogP contribution in [0, 0.1) is 0 Å². The van der Waals surface area contributed by atoms with Gasteiger partial charge in [-0.2, -0.15) is 13.2 Å².